The Morgan fingerprint density at radius 1 is 1.50 bits per heavy atom. The smallest absolute Gasteiger partial charge is 0.252 e. The van der Waals surface area contributed by atoms with Crippen LogP contribution in [0.25, 0.3) is 0 Å². The Labute approximate surface area is 128 Å². The van der Waals surface area contributed by atoms with Crippen LogP contribution in [0, 0.1) is 11.3 Å². The molecule has 0 spiro atoms. The zero-order valence-electron chi connectivity index (χ0n) is 12.7. The summed E-state index contributed by atoms with van der Waals surface area (Å²) in [4.78, 5) is 28.3. The molecular formula is C16H19N3O3. The van der Waals surface area contributed by atoms with Crippen molar-refractivity contribution < 1.29 is 14.3 Å². The number of hydrogen-bond donors (Lipinski definition) is 2. The van der Waals surface area contributed by atoms with Crippen LogP contribution in [0.15, 0.2) is 12.3 Å². The third kappa shape index (κ3) is 1.80. The van der Waals surface area contributed by atoms with E-state index in [0.29, 0.717) is 22.9 Å². The first-order valence-corrected chi connectivity index (χ1v) is 7.68. The van der Waals surface area contributed by atoms with Gasteiger partial charge in [-0.25, -0.2) is 4.98 Å². The van der Waals surface area contributed by atoms with Crippen molar-refractivity contribution in [3.05, 3.63) is 23.4 Å². The molecule has 22 heavy (non-hydrogen) atoms. The highest BCUT2D eigenvalue weighted by Crippen LogP contribution is 2.52. The van der Waals surface area contributed by atoms with Crippen molar-refractivity contribution in [3.63, 3.8) is 0 Å². The topological polar surface area (TPSA) is 80.3 Å². The summed E-state index contributed by atoms with van der Waals surface area (Å²) in [6, 6.07) is 1.80. The molecule has 3 unspecified atom stereocenters. The van der Waals surface area contributed by atoms with Gasteiger partial charge in [0.2, 0.25) is 5.91 Å². The number of fused-ring (bicyclic) bond motifs is 2. The van der Waals surface area contributed by atoms with Crippen LogP contribution in [0.1, 0.15) is 36.2 Å². The second-order valence-corrected chi connectivity index (χ2v) is 6.93. The summed E-state index contributed by atoms with van der Waals surface area (Å²) in [5, 5.41) is 5.83. The number of nitrogens with zero attached hydrogens (tertiary/aromatic N) is 1. The summed E-state index contributed by atoms with van der Waals surface area (Å²) in [7, 11) is 0. The third-order valence-corrected chi connectivity index (χ3v) is 5.28. The molecule has 0 bridgehead atoms. The van der Waals surface area contributed by atoms with Gasteiger partial charge in [-0.1, -0.05) is 13.8 Å². The maximum absolute atomic E-state index is 12.7. The van der Waals surface area contributed by atoms with E-state index in [0.717, 1.165) is 13.0 Å². The molecule has 4 rings (SSSR count). The number of carbonyl (C=O) groups is 2. The normalized spacial score (nSPS) is 31.0. The average Bonchev–Trinajstić information content (AvgIpc) is 3.07. The van der Waals surface area contributed by atoms with Gasteiger partial charge >= 0.3 is 0 Å². The highest BCUT2D eigenvalue weighted by Gasteiger charge is 2.59. The van der Waals surface area contributed by atoms with Gasteiger partial charge in [-0.15, -0.1) is 0 Å². The van der Waals surface area contributed by atoms with Gasteiger partial charge in [0.25, 0.3) is 5.91 Å². The summed E-state index contributed by atoms with van der Waals surface area (Å²) in [6.45, 7) is 5.03. The average molecular weight is 301 g/mol. The molecule has 1 saturated heterocycles. The van der Waals surface area contributed by atoms with Gasteiger partial charge in [-0.3, -0.25) is 9.59 Å². The first-order chi connectivity index (χ1) is 10.5. The fraction of sp³-hybridized carbons (Fsp3) is 0.562. The van der Waals surface area contributed by atoms with Gasteiger partial charge in [0.05, 0.1) is 12.5 Å². The zero-order chi connectivity index (χ0) is 15.5. The lowest BCUT2D eigenvalue weighted by molar-refractivity contribution is -0.115. The molecular weight excluding hydrogens is 282 g/mol. The van der Waals surface area contributed by atoms with Gasteiger partial charge < -0.3 is 15.4 Å². The molecule has 1 saturated carbocycles. The number of ether oxygens (including phenoxy) is 1. The van der Waals surface area contributed by atoms with E-state index in [1.54, 1.807) is 12.3 Å². The van der Waals surface area contributed by atoms with Crippen LogP contribution >= 0.6 is 0 Å². The van der Waals surface area contributed by atoms with Gasteiger partial charge in [-0.05, 0) is 12.5 Å². The molecule has 3 aliphatic rings. The highest BCUT2D eigenvalue weighted by atomic mass is 16.5. The number of hydrogen-bond acceptors (Lipinski definition) is 4. The molecule has 0 radical (unpaired) electrons. The van der Waals surface area contributed by atoms with Crippen LogP contribution in [0.5, 0.6) is 0 Å². The minimum atomic E-state index is -0.126. The van der Waals surface area contributed by atoms with Crippen molar-refractivity contribution in [3.8, 4) is 0 Å². The number of pyridine rings is 1. The Morgan fingerprint density at radius 2 is 2.32 bits per heavy atom. The first kappa shape index (κ1) is 13.7. The van der Waals surface area contributed by atoms with Crippen LogP contribution in [-0.2, 0) is 16.0 Å². The SMILES string of the molecule is CC1(C)C(NC(=O)c2ccnc3c2CC(=O)N3)C2CCOC21. The molecule has 116 valence electrons. The molecule has 3 atom stereocenters. The Hall–Kier alpha value is -1.95. The summed E-state index contributed by atoms with van der Waals surface area (Å²) < 4.78 is 5.76. The van der Waals surface area contributed by atoms with E-state index >= 15 is 0 Å². The van der Waals surface area contributed by atoms with Crippen LogP contribution in [0.4, 0.5) is 5.82 Å². The lowest BCUT2D eigenvalue weighted by Gasteiger charge is -2.54. The number of carbonyl (C=O) groups excluding carboxylic acids is 2. The van der Waals surface area contributed by atoms with Gasteiger partial charge in [-0.2, -0.15) is 0 Å². The van der Waals surface area contributed by atoms with Crippen molar-refractivity contribution in [2.24, 2.45) is 11.3 Å². The molecule has 0 aromatic carbocycles. The van der Waals surface area contributed by atoms with E-state index in [2.05, 4.69) is 29.5 Å². The quantitative estimate of drug-likeness (QED) is 0.858. The van der Waals surface area contributed by atoms with Gasteiger partial charge in [0.15, 0.2) is 0 Å². The largest absolute Gasteiger partial charge is 0.377 e. The second kappa shape index (κ2) is 4.52. The van der Waals surface area contributed by atoms with Gasteiger partial charge in [0, 0.05) is 41.3 Å². The number of anilines is 1. The molecule has 2 amide bonds. The summed E-state index contributed by atoms with van der Waals surface area (Å²) in [6.07, 6.45) is 3.01. The van der Waals surface area contributed by atoms with Crippen molar-refractivity contribution in [1.82, 2.24) is 10.3 Å². The lowest BCUT2D eigenvalue weighted by Crippen LogP contribution is -2.66. The van der Waals surface area contributed by atoms with E-state index in [4.69, 9.17) is 4.74 Å². The summed E-state index contributed by atoms with van der Waals surface area (Å²) >= 11 is 0. The maximum atomic E-state index is 12.7. The number of rotatable bonds is 2. The van der Waals surface area contributed by atoms with E-state index in [-0.39, 0.29) is 35.8 Å². The van der Waals surface area contributed by atoms with Crippen molar-refractivity contribution in [1.29, 1.82) is 0 Å². The molecule has 6 nitrogen and oxygen atoms in total. The summed E-state index contributed by atoms with van der Waals surface area (Å²) in [5.74, 6) is 0.663. The molecule has 1 aromatic heterocycles. The van der Waals surface area contributed by atoms with E-state index in [1.165, 1.54) is 0 Å². The Bertz CT molecular complexity index is 671. The fourth-order valence-electron chi connectivity index (χ4n) is 4.16. The summed E-state index contributed by atoms with van der Waals surface area (Å²) in [5.41, 5.74) is 1.18. The third-order valence-electron chi connectivity index (χ3n) is 5.28. The van der Waals surface area contributed by atoms with E-state index < -0.39 is 0 Å². The standard InChI is InChI=1S/C16H19N3O3/c1-16(2)12(9-4-6-22-13(9)16)19-15(21)8-3-5-17-14-10(8)7-11(20)18-14/h3,5,9,12-13H,4,6-7H2,1-2H3,(H,19,21)(H,17,18,20). The highest BCUT2D eigenvalue weighted by molar-refractivity contribution is 6.04. The van der Waals surface area contributed by atoms with Crippen LogP contribution in [-0.4, -0.2) is 35.6 Å². The number of amides is 2. The first-order valence-electron chi connectivity index (χ1n) is 7.68. The van der Waals surface area contributed by atoms with Gasteiger partial charge in [0.1, 0.15) is 5.82 Å². The lowest BCUT2D eigenvalue weighted by atomic mass is 9.57. The fourth-order valence-corrected chi connectivity index (χ4v) is 4.16. The maximum Gasteiger partial charge on any atom is 0.252 e. The molecule has 6 heteroatoms. The second-order valence-electron chi connectivity index (χ2n) is 6.93. The van der Waals surface area contributed by atoms with Crippen LogP contribution in [0.2, 0.25) is 0 Å². The zero-order valence-corrected chi connectivity index (χ0v) is 12.7. The minimum Gasteiger partial charge on any atom is -0.377 e. The molecule has 2 aliphatic heterocycles. The van der Waals surface area contributed by atoms with Crippen LogP contribution in [0.3, 0.4) is 0 Å². The van der Waals surface area contributed by atoms with Crippen molar-refractivity contribution >= 4 is 17.6 Å². The predicted octanol–water partition coefficient (Wildman–Crippen LogP) is 1.12. The predicted molar refractivity (Wildman–Crippen MR) is 79.5 cm³/mol. The van der Waals surface area contributed by atoms with Crippen LogP contribution < -0.4 is 10.6 Å². The monoisotopic (exact) mass is 301 g/mol. The number of nitrogens with one attached hydrogen (secondary N) is 2. The molecule has 1 aliphatic carbocycles. The Balaban J connectivity index is 1.57. The molecule has 1 aromatic rings. The molecule has 3 heterocycles. The molecule has 2 fully saturated rings. The minimum absolute atomic E-state index is 0.0545. The van der Waals surface area contributed by atoms with E-state index in [9.17, 15) is 9.59 Å². The van der Waals surface area contributed by atoms with Crippen molar-refractivity contribution in [2.45, 2.75) is 38.8 Å². The van der Waals surface area contributed by atoms with Crippen molar-refractivity contribution in [2.75, 3.05) is 11.9 Å². The van der Waals surface area contributed by atoms with E-state index in [1.807, 2.05) is 0 Å². The number of aromatic nitrogens is 1. The Kier molecular flexibility index (Phi) is 2.81. The molecule has 2 N–H and O–H groups in total. The Morgan fingerprint density at radius 3 is 3.14 bits per heavy atom.